The van der Waals surface area contributed by atoms with E-state index in [1.54, 1.807) is 24.3 Å². The number of likely N-dealkylation sites (tertiary alicyclic amines) is 1. The van der Waals surface area contributed by atoms with E-state index in [1.807, 2.05) is 107 Å². The van der Waals surface area contributed by atoms with Gasteiger partial charge in [-0.15, -0.1) is 11.3 Å². The maximum atomic E-state index is 14.5. The van der Waals surface area contributed by atoms with Crippen molar-refractivity contribution in [3.05, 3.63) is 141 Å². The van der Waals surface area contributed by atoms with Crippen LogP contribution in [0.3, 0.4) is 0 Å². The number of nitrogens with two attached hydrogens (primary N) is 1. The number of β-amino-alcohol motifs (C(OH)–C–C–N with tert-alkyl or cyclic N) is 1. The summed E-state index contributed by atoms with van der Waals surface area (Å²) in [7, 11) is 0. The minimum atomic E-state index is -1.10. The molecule has 7 amide bonds. The lowest BCUT2D eigenvalue weighted by molar-refractivity contribution is -0.144. The van der Waals surface area contributed by atoms with E-state index in [9.17, 15) is 48.6 Å². The number of carbonyl (C=O) groups excluding carboxylic acids is 7. The number of rotatable bonds is 23. The number of amides is 7. The van der Waals surface area contributed by atoms with Gasteiger partial charge in [0.25, 0.3) is 5.91 Å². The quantitative estimate of drug-likeness (QED) is 0.0295. The first kappa shape index (κ1) is 63.7. The molecular weight excluding hydrogens is 1120 g/mol. The van der Waals surface area contributed by atoms with E-state index in [-0.39, 0.29) is 86.9 Å². The van der Waals surface area contributed by atoms with Gasteiger partial charge in [0.2, 0.25) is 35.4 Å². The Morgan fingerprint density at radius 2 is 1.58 bits per heavy atom. The van der Waals surface area contributed by atoms with Crippen molar-refractivity contribution in [3.63, 3.8) is 0 Å². The number of aromatic amines is 1. The van der Waals surface area contributed by atoms with Crippen LogP contribution >= 0.6 is 11.3 Å². The molecule has 0 spiro atoms. The number of aliphatic hydroxyl groups is 1. The number of aromatic carboxylic acids is 1. The molecule has 86 heavy (non-hydrogen) atoms. The second-order valence-corrected chi connectivity index (χ2v) is 24.6. The Kier molecular flexibility index (Phi) is 20.3. The summed E-state index contributed by atoms with van der Waals surface area (Å²) in [4.78, 5) is 119. The molecule has 0 aliphatic carbocycles. The first-order valence-electron chi connectivity index (χ1n) is 29.0. The fourth-order valence-corrected chi connectivity index (χ4v) is 12.4. The number of thiazole rings is 1. The third kappa shape index (κ3) is 14.8. The number of para-hydroxylation sites is 1. The number of carboxylic acids is 1. The molecule has 5 heterocycles. The van der Waals surface area contributed by atoms with Gasteiger partial charge in [0.15, 0.2) is 0 Å². The molecule has 1 fully saturated rings. The van der Waals surface area contributed by atoms with Crippen molar-refractivity contribution in [3.8, 4) is 10.4 Å². The minimum Gasteiger partial charge on any atom is -0.478 e. The van der Waals surface area contributed by atoms with E-state index in [4.69, 9.17) is 10.5 Å². The fraction of sp³-hybridized carbons (Fsp3) is 0.422. The van der Waals surface area contributed by atoms with Crippen molar-refractivity contribution < 1.29 is 53.3 Å². The van der Waals surface area contributed by atoms with Crippen molar-refractivity contribution in [2.24, 2.45) is 11.1 Å². The minimum absolute atomic E-state index is 0. The maximum absolute atomic E-state index is 14.5. The summed E-state index contributed by atoms with van der Waals surface area (Å²) in [5, 5.41) is 32.6. The number of hydrogen-bond donors (Lipinski definition) is 9. The molecule has 8 atom stereocenters. The number of nitrogens with zero attached hydrogens (tertiary/aromatic N) is 3. The number of aryl methyl sites for hydroxylation is 3. The standard InChI is InChI=1S/C64H75N9O11S.H3N/c1-35(40-18-20-42(21-19-40)56-36(2)66-34-85-56)67-59(78)51-31-46(74)32-72(51)62(81)57(64(4,5)6)71-54(76)13-8-7-10-38-14-16-39(17-15-38)33-84-37(3)47(26-27-53(65)75)69-60(79)52-30-43-12-9-11-41-22-25-49(61(80)73(52)55(41)43)70-58(77)50-29-45-28-44(63(82)83)23-24-48(45)68-50;/h9,11-12,14-21,23-24,28-29,34-35,37,46-47,49,51-52,57,68,74H,7-8,10,13,22,25-27,30-33H2,1-6H3,(H2,65,75)(H,67,78)(H,69,79)(H,70,77)(H,71,76)(H,82,83);1H3/t35?,37?,46-,47?,49+,51+,52+,57?;/m1./s1. The van der Waals surface area contributed by atoms with Gasteiger partial charge in [-0.1, -0.05) is 87.5 Å². The van der Waals surface area contributed by atoms with Gasteiger partial charge >= 0.3 is 5.97 Å². The van der Waals surface area contributed by atoms with Gasteiger partial charge in [-0.05, 0) is 122 Å². The monoisotopic (exact) mass is 1190 g/mol. The first-order chi connectivity index (χ1) is 40.5. The molecule has 3 aliphatic rings. The van der Waals surface area contributed by atoms with Crippen LogP contribution in [0.4, 0.5) is 5.69 Å². The summed E-state index contributed by atoms with van der Waals surface area (Å²) >= 11 is 1.56. The van der Waals surface area contributed by atoms with Gasteiger partial charge in [-0.3, -0.25) is 38.5 Å². The average molecular weight is 1200 g/mol. The summed E-state index contributed by atoms with van der Waals surface area (Å²) in [6.45, 7) is 11.4. The molecule has 0 saturated carbocycles. The summed E-state index contributed by atoms with van der Waals surface area (Å²) in [6, 6.07) is 22.6. The van der Waals surface area contributed by atoms with E-state index in [1.165, 1.54) is 28.0 Å². The average Bonchev–Trinajstić information content (AvgIpc) is 1.70. The Morgan fingerprint density at radius 1 is 0.872 bits per heavy atom. The molecule has 4 aromatic carbocycles. The third-order valence-electron chi connectivity index (χ3n) is 16.4. The zero-order valence-corrected chi connectivity index (χ0v) is 50.3. The normalized spacial score (nSPS) is 18.7. The Hall–Kier alpha value is -8.31. The van der Waals surface area contributed by atoms with Crippen LogP contribution in [0.2, 0.25) is 0 Å². The highest BCUT2D eigenvalue weighted by Gasteiger charge is 2.46. The number of carbonyl (C=O) groups is 8. The van der Waals surface area contributed by atoms with Crippen LogP contribution in [0.25, 0.3) is 21.3 Å². The van der Waals surface area contributed by atoms with E-state index < -0.39 is 83.3 Å². The van der Waals surface area contributed by atoms with Crippen molar-refractivity contribution in [2.45, 2.75) is 161 Å². The van der Waals surface area contributed by atoms with Crippen LogP contribution < -0.4 is 38.1 Å². The van der Waals surface area contributed by atoms with Gasteiger partial charge < -0.3 is 58.0 Å². The Bertz CT molecular complexity index is 3490. The molecule has 3 aliphatic heterocycles. The number of benzene rings is 4. The number of carboxylic acid groups (broad SMARTS) is 1. The number of unbranched alkanes of at least 4 members (excludes halogenated alkanes) is 1. The molecule has 22 heteroatoms. The molecule has 21 nitrogen and oxygen atoms in total. The Labute approximate surface area is 503 Å². The Morgan fingerprint density at radius 3 is 2.27 bits per heavy atom. The molecule has 6 aromatic rings. The number of nitrogens with one attached hydrogen (secondary N) is 5. The largest absolute Gasteiger partial charge is 0.478 e. The highest BCUT2D eigenvalue weighted by atomic mass is 32.1. The third-order valence-corrected chi connectivity index (χ3v) is 17.4. The summed E-state index contributed by atoms with van der Waals surface area (Å²) in [5.74, 6) is -4.20. The van der Waals surface area contributed by atoms with E-state index >= 15 is 0 Å². The van der Waals surface area contributed by atoms with Crippen LogP contribution in [0.1, 0.15) is 140 Å². The van der Waals surface area contributed by atoms with Gasteiger partial charge in [0.1, 0.15) is 29.9 Å². The number of H-pyrrole nitrogens is 1. The molecule has 1 saturated heterocycles. The van der Waals surface area contributed by atoms with Gasteiger partial charge in [0.05, 0.1) is 58.2 Å². The summed E-state index contributed by atoms with van der Waals surface area (Å²) in [5.41, 5.74) is 14.6. The van der Waals surface area contributed by atoms with Crippen molar-refractivity contribution >= 4 is 75.2 Å². The predicted molar refractivity (Wildman–Crippen MR) is 326 cm³/mol. The molecule has 12 N–H and O–H groups in total. The van der Waals surface area contributed by atoms with Crippen LogP contribution in [0.5, 0.6) is 0 Å². The number of hydrogen-bond acceptors (Lipinski definition) is 13. The highest BCUT2D eigenvalue weighted by Crippen LogP contribution is 2.40. The number of anilines is 1. The molecule has 2 aromatic heterocycles. The zero-order valence-electron chi connectivity index (χ0n) is 49.4. The van der Waals surface area contributed by atoms with Crippen LogP contribution in [0.15, 0.2) is 96.5 Å². The zero-order chi connectivity index (χ0) is 60.9. The van der Waals surface area contributed by atoms with E-state index in [0.29, 0.717) is 42.3 Å². The lowest BCUT2D eigenvalue weighted by atomic mass is 9.85. The van der Waals surface area contributed by atoms with E-state index in [2.05, 4.69) is 31.2 Å². The predicted octanol–water partition coefficient (Wildman–Crippen LogP) is 6.90. The molecular formula is C64H78N10O11S. The first-order valence-corrected chi connectivity index (χ1v) is 29.9. The van der Waals surface area contributed by atoms with Gasteiger partial charge in [0, 0.05) is 43.1 Å². The highest BCUT2D eigenvalue weighted by molar-refractivity contribution is 7.13. The SMILES string of the molecule is Cc1ncsc1-c1ccc(C(C)NC(=O)[C@@H]2C[C@@H](O)CN2C(=O)C(NC(=O)CCCCc2ccc(COC(C)C(CCC(N)=O)NC(=O)[C@@H]3Cc4cccc5c4N3C(=O)[C@@H](NC(=O)c3cc4cc(C(=O)O)ccc4[nH]3)CC5)cc2)C(C)(C)C)cc1.N. The van der Waals surface area contributed by atoms with Crippen molar-refractivity contribution in [1.29, 1.82) is 0 Å². The van der Waals surface area contributed by atoms with Crippen molar-refractivity contribution in [1.82, 2.24) is 42.3 Å². The number of primary amides is 1. The number of aliphatic hydroxyl groups excluding tert-OH is 1. The number of ether oxygens (including phenoxy) is 1. The maximum Gasteiger partial charge on any atom is 0.335 e. The molecule has 0 bridgehead atoms. The topological polar surface area (TPSA) is 331 Å². The molecule has 4 unspecified atom stereocenters. The van der Waals surface area contributed by atoms with Crippen LogP contribution in [0, 0.1) is 12.3 Å². The Balaban J connectivity index is 0.00000961. The molecule has 456 valence electrons. The summed E-state index contributed by atoms with van der Waals surface area (Å²) in [6.07, 6.45) is 1.80. The van der Waals surface area contributed by atoms with Crippen molar-refractivity contribution in [2.75, 3.05) is 11.4 Å². The second-order valence-electron chi connectivity index (χ2n) is 23.7. The lowest BCUT2D eigenvalue weighted by Crippen LogP contribution is -2.57. The van der Waals surface area contributed by atoms with Gasteiger partial charge in [-0.2, -0.15) is 0 Å². The van der Waals surface area contributed by atoms with Crippen LogP contribution in [-0.2, 0) is 59.4 Å². The molecule has 9 rings (SSSR count). The van der Waals surface area contributed by atoms with Gasteiger partial charge in [-0.25, -0.2) is 9.78 Å². The number of fused-ring (bicyclic) bond motifs is 1. The lowest BCUT2D eigenvalue weighted by Gasteiger charge is -2.35. The smallest absolute Gasteiger partial charge is 0.335 e. The van der Waals surface area contributed by atoms with Crippen LogP contribution in [-0.4, -0.2) is 121 Å². The van der Waals surface area contributed by atoms with E-state index in [0.717, 1.165) is 44.0 Å². The number of aromatic nitrogens is 2. The second kappa shape index (κ2) is 27.4. The fourth-order valence-electron chi connectivity index (χ4n) is 11.6. The summed E-state index contributed by atoms with van der Waals surface area (Å²) < 4.78 is 6.32. The molecule has 0 radical (unpaired) electrons.